The number of carbonyl (C=O) groups is 2. The fraction of sp³-hybridized carbons (Fsp3) is 0.364. The third kappa shape index (κ3) is 3.79. The molecule has 2 aliphatic rings. The first-order valence-corrected chi connectivity index (χ1v) is 10.7. The van der Waals surface area contributed by atoms with Crippen molar-refractivity contribution in [2.45, 2.75) is 17.7 Å². The van der Waals surface area contributed by atoms with Gasteiger partial charge in [-0.05, 0) is 36.4 Å². The van der Waals surface area contributed by atoms with Crippen molar-refractivity contribution < 1.29 is 19.1 Å². The van der Waals surface area contributed by atoms with Gasteiger partial charge in [-0.15, -0.1) is 11.8 Å². The van der Waals surface area contributed by atoms with Crippen molar-refractivity contribution in [2.75, 3.05) is 42.9 Å². The van der Waals surface area contributed by atoms with Crippen molar-refractivity contribution in [1.29, 1.82) is 0 Å². The van der Waals surface area contributed by atoms with Crippen LogP contribution in [0.1, 0.15) is 12.8 Å². The van der Waals surface area contributed by atoms with Gasteiger partial charge in [0.1, 0.15) is 11.5 Å². The van der Waals surface area contributed by atoms with Crippen LogP contribution in [0.4, 0.5) is 11.4 Å². The van der Waals surface area contributed by atoms with Crippen molar-refractivity contribution in [3.05, 3.63) is 42.5 Å². The maximum absolute atomic E-state index is 13.4. The lowest BCUT2D eigenvalue weighted by atomic mass is 10.1. The summed E-state index contributed by atoms with van der Waals surface area (Å²) in [6.07, 6.45) is 1.14. The topological polar surface area (TPSA) is 59.1 Å². The van der Waals surface area contributed by atoms with Gasteiger partial charge in [-0.3, -0.25) is 9.59 Å². The molecule has 152 valence electrons. The Morgan fingerprint density at radius 2 is 1.93 bits per heavy atom. The van der Waals surface area contributed by atoms with Gasteiger partial charge in [-0.25, -0.2) is 0 Å². The Morgan fingerprint density at radius 3 is 2.72 bits per heavy atom. The molecule has 1 saturated heterocycles. The van der Waals surface area contributed by atoms with E-state index in [9.17, 15) is 9.59 Å². The van der Waals surface area contributed by atoms with E-state index in [0.717, 1.165) is 22.8 Å². The number of hydrogen-bond donors (Lipinski definition) is 0. The molecule has 29 heavy (non-hydrogen) atoms. The molecular formula is C22H24N2O4S. The zero-order valence-corrected chi connectivity index (χ0v) is 17.4. The van der Waals surface area contributed by atoms with Crippen LogP contribution in [0, 0.1) is 5.92 Å². The smallest absolute Gasteiger partial charge is 0.232 e. The average Bonchev–Trinajstić information content (AvgIpc) is 3.01. The summed E-state index contributed by atoms with van der Waals surface area (Å²) in [7, 11) is 3.15. The van der Waals surface area contributed by atoms with Crippen LogP contribution in [0.5, 0.6) is 11.5 Å². The summed E-state index contributed by atoms with van der Waals surface area (Å²) in [6, 6.07) is 13.4. The second-order valence-electron chi connectivity index (χ2n) is 7.10. The molecule has 0 saturated carbocycles. The third-order valence-electron chi connectivity index (χ3n) is 5.36. The van der Waals surface area contributed by atoms with Crippen LogP contribution in [0.15, 0.2) is 47.4 Å². The van der Waals surface area contributed by atoms with E-state index in [2.05, 4.69) is 6.07 Å². The van der Waals surface area contributed by atoms with Crippen molar-refractivity contribution in [3.8, 4) is 11.5 Å². The highest BCUT2D eigenvalue weighted by atomic mass is 32.2. The van der Waals surface area contributed by atoms with Crippen LogP contribution in [-0.2, 0) is 9.59 Å². The third-order valence-corrected chi connectivity index (χ3v) is 6.51. The van der Waals surface area contributed by atoms with Crippen molar-refractivity contribution in [1.82, 2.24) is 0 Å². The molecule has 0 radical (unpaired) electrons. The van der Waals surface area contributed by atoms with Gasteiger partial charge in [0.05, 0.1) is 31.5 Å². The van der Waals surface area contributed by atoms with Crippen LogP contribution in [-0.4, -0.2) is 44.9 Å². The molecular weight excluding hydrogens is 388 g/mol. The van der Waals surface area contributed by atoms with E-state index >= 15 is 0 Å². The molecule has 2 aliphatic heterocycles. The molecule has 1 unspecified atom stereocenters. The molecule has 6 nitrogen and oxygen atoms in total. The fourth-order valence-corrected chi connectivity index (χ4v) is 4.88. The molecule has 1 fully saturated rings. The molecule has 2 amide bonds. The van der Waals surface area contributed by atoms with Crippen molar-refractivity contribution >= 4 is 35.0 Å². The number of hydrogen-bond acceptors (Lipinski definition) is 5. The summed E-state index contributed by atoms with van der Waals surface area (Å²) < 4.78 is 10.7. The Morgan fingerprint density at radius 1 is 1.10 bits per heavy atom. The first kappa shape index (κ1) is 19.6. The quantitative estimate of drug-likeness (QED) is 0.768. The van der Waals surface area contributed by atoms with Gasteiger partial charge >= 0.3 is 0 Å². The maximum Gasteiger partial charge on any atom is 0.232 e. The highest BCUT2D eigenvalue weighted by Gasteiger charge is 2.39. The molecule has 2 heterocycles. The number of methoxy groups -OCH3 is 2. The summed E-state index contributed by atoms with van der Waals surface area (Å²) in [5.74, 6) is 1.78. The monoisotopic (exact) mass is 412 g/mol. The number of para-hydroxylation sites is 1. The fourth-order valence-electron chi connectivity index (χ4n) is 3.89. The Bertz CT molecular complexity index is 933. The maximum atomic E-state index is 13.4. The summed E-state index contributed by atoms with van der Waals surface area (Å²) in [6.45, 7) is 1.03. The van der Waals surface area contributed by atoms with Crippen molar-refractivity contribution in [3.63, 3.8) is 0 Å². The number of fused-ring (bicyclic) bond motifs is 1. The first-order valence-electron chi connectivity index (χ1n) is 9.68. The molecule has 2 aromatic carbocycles. The molecule has 1 atom stereocenters. The molecule has 0 aromatic heterocycles. The summed E-state index contributed by atoms with van der Waals surface area (Å²) in [4.78, 5) is 30.8. The molecule has 0 aliphatic carbocycles. The van der Waals surface area contributed by atoms with Crippen LogP contribution >= 0.6 is 11.8 Å². The van der Waals surface area contributed by atoms with E-state index < -0.39 is 0 Å². The standard InChI is InChI=1S/C22H24N2O4S/c1-27-16-8-9-17(19(13-16)28-2)24-14-15(12-21(24)25)22(26)23-10-5-11-29-20-7-4-3-6-18(20)23/h3-4,6-9,13,15H,5,10-12,14H2,1-2H3. The van der Waals surface area contributed by atoms with E-state index in [0.29, 0.717) is 30.3 Å². The number of carbonyl (C=O) groups excluding carboxylic acids is 2. The number of benzene rings is 2. The number of ether oxygens (including phenoxy) is 2. The second kappa shape index (κ2) is 8.37. The summed E-state index contributed by atoms with van der Waals surface area (Å²) in [5.41, 5.74) is 1.62. The lowest BCUT2D eigenvalue weighted by Crippen LogP contribution is -2.38. The number of nitrogens with zero attached hydrogens (tertiary/aromatic N) is 2. The highest BCUT2D eigenvalue weighted by Crippen LogP contribution is 2.38. The first-order chi connectivity index (χ1) is 14.1. The molecule has 0 spiro atoms. The molecule has 2 aromatic rings. The Kier molecular flexibility index (Phi) is 5.67. The van der Waals surface area contributed by atoms with E-state index in [4.69, 9.17) is 9.47 Å². The molecule has 0 N–H and O–H groups in total. The zero-order chi connectivity index (χ0) is 20.4. The predicted molar refractivity (Wildman–Crippen MR) is 114 cm³/mol. The number of rotatable bonds is 4. The number of amides is 2. The minimum atomic E-state index is -0.370. The average molecular weight is 413 g/mol. The van der Waals surface area contributed by atoms with Gasteiger partial charge in [0.25, 0.3) is 0 Å². The lowest BCUT2D eigenvalue weighted by Gasteiger charge is -2.25. The van der Waals surface area contributed by atoms with E-state index in [-0.39, 0.29) is 24.2 Å². The summed E-state index contributed by atoms with van der Waals surface area (Å²) >= 11 is 1.78. The van der Waals surface area contributed by atoms with Gasteiger partial charge in [0, 0.05) is 30.5 Å². The Labute approximate surface area is 174 Å². The minimum absolute atomic E-state index is 0.0169. The Balaban J connectivity index is 1.58. The van der Waals surface area contributed by atoms with Gasteiger partial charge in [-0.2, -0.15) is 0 Å². The van der Waals surface area contributed by atoms with Gasteiger partial charge in [0.2, 0.25) is 11.8 Å². The van der Waals surface area contributed by atoms with Crippen molar-refractivity contribution in [2.24, 2.45) is 5.92 Å². The van der Waals surface area contributed by atoms with Crippen LogP contribution in [0.25, 0.3) is 0 Å². The van der Waals surface area contributed by atoms with E-state index in [1.54, 1.807) is 49.1 Å². The van der Waals surface area contributed by atoms with Crippen LogP contribution in [0.3, 0.4) is 0 Å². The van der Waals surface area contributed by atoms with Gasteiger partial charge < -0.3 is 19.3 Å². The van der Waals surface area contributed by atoms with Crippen LogP contribution < -0.4 is 19.3 Å². The number of anilines is 2. The molecule has 7 heteroatoms. The Hall–Kier alpha value is -2.67. The molecule has 4 rings (SSSR count). The van der Waals surface area contributed by atoms with E-state index in [1.165, 1.54) is 0 Å². The van der Waals surface area contributed by atoms with Gasteiger partial charge in [-0.1, -0.05) is 12.1 Å². The normalized spacial score (nSPS) is 19.0. The second-order valence-corrected chi connectivity index (χ2v) is 8.24. The highest BCUT2D eigenvalue weighted by molar-refractivity contribution is 7.99. The predicted octanol–water partition coefficient (Wildman–Crippen LogP) is 3.59. The summed E-state index contributed by atoms with van der Waals surface area (Å²) in [5, 5.41) is 0. The largest absolute Gasteiger partial charge is 0.497 e. The zero-order valence-electron chi connectivity index (χ0n) is 16.6. The lowest BCUT2D eigenvalue weighted by molar-refractivity contribution is -0.124. The van der Waals surface area contributed by atoms with E-state index in [1.807, 2.05) is 23.1 Å². The molecule has 0 bridgehead atoms. The van der Waals surface area contributed by atoms with Crippen LogP contribution in [0.2, 0.25) is 0 Å². The van der Waals surface area contributed by atoms with Gasteiger partial charge in [0.15, 0.2) is 0 Å². The number of thioether (sulfide) groups is 1. The minimum Gasteiger partial charge on any atom is -0.497 e. The SMILES string of the molecule is COc1ccc(N2CC(C(=O)N3CCCSc4ccccc43)CC2=O)c(OC)c1.